The van der Waals surface area contributed by atoms with Crippen molar-refractivity contribution in [3.05, 3.63) is 103 Å². The van der Waals surface area contributed by atoms with Gasteiger partial charge < -0.3 is 10.6 Å². The second-order valence-corrected chi connectivity index (χ2v) is 11.6. The standard InChI is InChI=1S/C29H24F3N3O2S2/c1-18(27(36)33-20-9-6-8-19(16-20)29(30,31)32)38-22-11-7-10-21(17-22)34-28(37)35-23-12-2-4-14-25(23)39-26-15-5-3-13-24(26)35/h2-18,23,25H,1H3,(H,33,36)(H,34,37). The average molecular weight is 568 g/mol. The van der Waals surface area contributed by atoms with Gasteiger partial charge in [0.05, 0.1) is 27.8 Å². The number of halogens is 3. The van der Waals surface area contributed by atoms with Crippen LogP contribution in [0, 0.1) is 0 Å². The molecule has 0 fully saturated rings. The molecule has 39 heavy (non-hydrogen) atoms. The quantitative estimate of drug-likeness (QED) is 0.309. The van der Waals surface area contributed by atoms with Gasteiger partial charge in [0.25, 0.3) is 0 Å². The van der Waals surface area contributed by atoms with Gasteiger partial charge >= 0.3 is 12.2 Å². The fourth-order valence-corrected chi connectivity index (χ4v) is 6.52. The molecule has 2 N–H and O–H groups in total. The van der Waals surface area contributed by atoms with E-state index in [9.17, 15) is 22.8 Å². The zero-order valence-corrected chi connectivity index (χ0v) is 22.3. The Morgan fingerprint density at radius 1 is 0.923 bits per heavy atom. The summed E-state index contributed by atoms with van der Waals surface area (Å²) < 4.78 is 39.0. The Morgan fingerprint density at radius 2 is 1.64 bits per heavy atom. The summed E-state index contributed by atoms with van der Waals surface area (Å²) >= 11 is 2.97. The maximum Gasteiger partial charge on any atom is 0.416 e. The molecule has 2 aliphatic rings. The minimum Gasteiger partial charge on any atom is -0.325 e. The van der Waals surface area contributed by atoms with Gasteiger partial charge in [0.1, 0.15) is 0 Å². The van der Waals surface area contributed by atoms with Crippen molar-refractivity contribution in [1.82, 2.24) is 0 Å². The molecule has 0 spiro atoms. The number of anilines is 3. The van der Waals surface area contributed by atoms with Crippen molar-refractivity contribution in [2.45, 2.75) is 39.4 Å². The predicted octanol–water partition coefficient (Wildman–Crippen LogP) is 7.83. The number of alkyl halides is 3. The van der Waals surface area contributed by atoms with E-state index >= 15 is 0 Å². The lowest BCUT2D eigenvalue weighted by atomic mass is 10.1. The maximum atomic E-state index is 13.5. The first-order valence-corrected chi connectivity index (χ1v) is 13.9. The van der Waals surface area contributed by atoms with E-state index in [4.69, 9.17) is 0 Å². The minimum atomic E-state index is -4.49. The number of urea groups is 1. The summed E-state index contributed by atoms with van der Waals surface area (Å²) in [7, 11) is 0. The van der Waals surface area contributed by atoms with E-state index in [0.29, 0.717) is 5.69 Å². The van der Waals surface area contributed by atoms with Crippen LogP contribution in [-0.2, 0) is 11.0 Å². The second-order valence-electron chi connectivity index (χ2n) is 8.97. The topological polar surface area (TPSA) is 61.4 Å². The van der Waals surface area contributed by atoms with E-state index in [0.717, 1.165) is 27.6 Å². The van der Waals surface area contributed by atoms with Crippen LogP contribution >= 0.6 is 23.5 Å². The Bertz CT molecular complexity index is 1460. The number of carbonyl (C=O) groups is 2. The molecule has 3 aromatic rings. The van der Waals surface area contributed by atoms with Crippen LogP contribution in [0.25, 0.3) is 0 Å². The Kier molecular flexibility index (Phi) is 7.76. The number of nitrogens with zero attached hydrogens (tertiary/aromatic N) is 1. The first kappa shape index (κ1) is 27.0. The first-order valence-electron chi connectivity index (χ1n) is 12.1. The number of allylic oxidation sites excluding steroid dienone is 2. The number of nitrogens with one attached hydrogen (secondary N) is 2. The summed E-state index contributed by atoms with van der Waals surface area (Å²) in [6.07, 6.45) is 3.55. The summed E-state index contributed by atoms with van der Waals surface area (Å²) in [6.45, 7) is 1.67. The molecule has 5 rings (SSSR count). The number of amides is 3. The molecule has 1 aliphatic carbocycles. The highest BCUT2D eigenvalue weighted by atomic mass is 32.2. The van der Waals surface area contributed by atoms with Crippen LogP contribution in [0.3, 0.4) is 0 Å². The van der Waals surface area contributed by atoms with Gasteiger partial charge in [-0.15, -0.1) is 23.5 Å². The van der Waals surface area contributed by atoms with Crippen molar-refractivity contribution in [2.75, 3.05) is 15.5 Å². The lowest BCUT2D eigenvalue weighted by molar-refractivity contribution is -0.137. The van der Waals surface area contributed by atoms with Crippen molar-refractivity contribution in [1.29, 1.82) is 0 Å². The molecule has 1 aliphatic heterocycles. The molecule has 10 heteroatoms. The van der Waals surface area contributed by atoms with Gasteiger partial charge in [-0.2, -0.15) is 13.2 Å². The highest BCUT2D eigenvalue weighted by Crippen LogP contribution is 2.43. The Hall–Kier alpha value is -3.63. The molecule has 0 bridgehead atoms. The Balaban J connectivity index is 1.27. The molecule has 3 unspecified atom stereocenters. The second kappa shape index (κ2) is 11.2. The molecule has 3 atom stereocenters. The molecule has 3 aromatic carbocycles. The van der Waals surface area contributed by atoms with Gasteiger partial charge in [-0.05, 0) is 55.5 Å². The van der Waals surface area contributed by atoms with Gasteiger partial charge in [-0.25, -0.2) is 4.79 Å². The van der Waals surface area contributed by atoms with Gasteiger partial charge in [0, 0.05) is 21.2 Å². The van der Waals surface area contributed by atoms with Gasteiger partial charge in [-0.1, -0.05) is 48.6 Å². The summed E-state index contributed by atoms with van der Waals surface area (Å²) in [4.78, 5) is 29.7. The van der Waals surface area contributed by atoms with E-state index in [1.54, 1.807) is 41.8 Å². The molecular weight excluding hydrogens is 543 g/mol. The average Bonchev–Trinajstić information content (AvgIpc) is 2.91. The highest BCUT2D eigenvalue weighted by molar-refractivity contribution is 8.00. The number of hydrogen-bond donors (Lipinski definition) is 2. The van der Waals surface area contributed by atoms with E-state index in [1.165, 1.54) is 23.9 Å². The normalized spacial score (nSPS) is 18.6. The number of hydrogen-bond acceptors (Lipinski definition) is 4. The minimum absolute atomic E-state index is 0.0770. The van der Waals surface area contributed by atoms with Crippen LogP contribution in [-0.4, -0.2) is 28.5 Å². The van der Waals surface area contributed by atoms with Crippen LogP contribution in [0.5, 0.6) is 0 Å². The number of para-hydroxylation sites is 1. The van der Waals surface area contributed by atoms with E-state index in [1.807, 2.05) is 48.6 Å². The maximum absolute atomic E-state index is 13.5. The molecule has 0 saturated heterocycles. The monoisotopic (exact) mass is 567 g/mol. The van der Waals surface area contributed by atoms with Crippen LogP contribution < -0.4 is 15.5 Å². The van der Waals surface area contributed by atoms with Gasteiger partial charge in [-0.3, -0.25) is 9.69 Å². The molecule has 1 heterocycles. The number of fused-ring (bicyclic) bond motifs is 2. The van der Waals surface area contributed by atoms with Crippen molar-refractivity contribution < 1.29 is 22.8 Å². The predicted molar refractivity (Wildman–Crippen MR) is 151 cm³/mol. The third-order valence-corrected chi connectivity index (χ3v) is 8.59. The third-order valence-electron chi connectivity index (χ3n) is 6.19. The van der Waals surface area contributed by atoms with E-state index < -0.39 is 22.9 Å². The Labute approximate surface area is 232 Å². The van der Waals surface area contributed by atoms with Crippen molar-refractivity contribution in [2.24, 2.45) is 0 Å². The zero-order chi connectivity index (χ0) is 27.6. The molecular formula is C29H24F3N3O2S2. The van der Waals surface area contributed by atoms with Crippen LogP contribution in [0.4, 0.5) is 35.0 Å². The van der Waals surface area contributed by atoms with E-state index in [-0.39, 0.29) is 23.0 Å². The fraction of sp³-hybridized carbons (Fsp3) is 0.172. The summed E-state index contributed by atoms with van der Waals surface area (Å²) in [5.74, 6) is -0.431. The smallest absolute Gasteiger partial charge is 0.325 e. The van der Waals surface area contributed by atoms with Gasteiger partial charge in [0.2, 0.25) is 5.91 Å². The molecule has 3 amide bonds. The number of benzene rings is 3. The molecule has 0 saturated carbocycles. The van der Waals surface area contributed by atoms with Crippen molar-refractivity contribution >= 4 is 52.5 Å². The largest absolute Gasteiger partial charge is 0.416 e. The molecule has 0 aromatic heterocycles. The number of carbonyl (C=O) groups excluding carboxylic acids is 2. The van der Waals surface area contributed by atoms with Crippen molar-refractivity contribution in [3.63, 3.8) is 0 Å². The summed E-state index contributed by atoms with van der Waals surface area (Å²) in [5.41, 5.74) is 0.655. The number of rotatable bonds is 5. The molecule has 5 nitrogen and oxygen atoms in total. The van der Waals surface area contributed by atoms with Crippen molar-refractivity contribution in [3.8, 4) is 0 Å². The van der Waals surface area contributed by atoms with E-state index in [2.05, 4.69) is 16.7 Å². The summed E-state index contributed by atoms with van der Waals surface area (Å²) in [6, 6.07) is 19.1. The lowest BCUT2D eigenvalue weighted by Gasteiger charge is -2.40. The molecule has 0 radical (unpaired) electrons. The van der Waals surface area contributed by atoms with Gasteiger partial charge in [0.15, 0.2) is 0 Å². The number of thioether (sulfide) groups is 2. The Morgan fingerprint density at radius 3 is 2.44 bits per heavy atom. The SMILES string of the molecule is CC(Sc1cccc(NC(=O)N2c3ccccc3SC3C=CC=CC32)c1)C(=O)Nc1cccc(C(F)(F)F)c1. The lowest BCUT2D eigenvalue weighted by Crippen LogP contribution is -2.49. The van der Waals surface area contributed by atoms with Crippen LogP contribution in [0.1, 0.15) is 12.5 Å². The fourth-order valence-electron chi connectivity index (χ4n) is 4.33. The highest BCUT2D eigenvalue weighted by Gasteiger charge is 2.36. The zero-order valence-electron chi connectivity index (χ0n) is 20.7. The van der Waals surface area contributed by atoms with Crippen LogP contribution in [0.2, 0.25) is 0 Å². The third kappa shape index (κ3) is 6.17. The first-order chi connectivity index (χ1) is 18.7. The molecule has 200 valence electrons. The van der Waals surface area contributed by atoms with Crippen LogP contribution in [0.15, 0.2) is 107 Å². The summed E-state index contributed by atoms with van der Waals surface area (Å²) in [5, 5.41) is 5.04.